The van der Waals surface area contributed by atoms with Crippen LogP contribution in [0.2, 0.25) is 0 Å². The quantitative estimate of drug-likeness (QED) is 0.712. The maximum Gasteiger partial charge on any atom is 0.316 e. The minimum absolute atomic E-state index is 0.198. The molecule has 0 aliphatic heterocycles. The molecule has 0 aliphatic carbocycles. The molecule has 0 saturated heterocycles. The van der Waals surface area contributed by atoms with Crippen LogP contribution in [0, 0.1) is 5.92 Å². The first-order valence-electron chi connectivity index (χ1n) is 7.05. The molecule has 1 atom stereocenters. The number of nitrogens with zero attached hydrogens (tertiary/aromatic N) is 3. The second-order valence-electron chi connectivity index (χ2n) is 5.20. The predicted molar refractivity (Wildman–Crippen MR) is 73.8 cm³/mol. The summed E-state index contributed by atoms with van der Waals surface area (Å²) < 4.78 is 6.85. The molecule has 0 saturated carbocycles. The van der Waals surface area contributed by atoms with Gasteiger partial charge in [-0.05, 0) is 19.3 Å². The van der Waals surface area contributed by atoms with Crippen molar-refractivity contribution in [2.45, 2.75) is 52.9 Å². The molecule has 0 spiro atoms. The lowest BCUT2D eigenvalue weighted by Crippen LogP contribution is -2.19. The van der Waals surface area contributed by atoms with Crippen molar-refractivity contribution in [3.8, 4) is 0 Å². The summed E-state index contributed by atoms with van der Waals surface area (Å²) in [5, 5.41) is 4.39. The zero-order valence-electron chi connectivity index (χ0n) is 12.6. The van der Waals surface area contributed by atoms with Gasteiger partial charge in [0.25, 0.3) is 0 Å². The minimum atomic E-state index is -0.302. The van der Waals surface area contributed by atoms with Crippen LogP contribution in [0.25, 0.3) is 0 Å². The minimum Gasteiger partial charge on any atom is -0.465 e. The number of ether oxygens (including phenoxy) is 1. The Bertz CT molecular complexity index is 413. The van der Waals surface area contributed by atoms with Gasteiger partial charge in [0.05, 0.1) is 6.61 Å². The van der Waals surface area contributed by atoms with Crippen LogP contribution in [0.3, 0.4) is 0 Å². The van der Waals surface area contributed by atoms with Gasteiger partial charge in [-0.25, -0.2) is 4.98 Å². The summed E-state index contributed by atoms with van der Waals surface area (Å²) in [4.78, 5) is 16.5. The summed E-state index contributed by atoms with van der Waals surface area (Å²) in [6.45, 7) is 8.53. The molecule has 0 fully saturated rings. The van der Waals surface area contributed by atoms with Gasteiger partial charge in [0.1, 0.15) is 11.7 Å². The predicted octanol–water partition coefficient (Wildman–Crippen LogP) is 2.46. The molecule has 1 rings (SSSR count). The van der Waals surface area contributed by atoms with Gasteiger partial charge in [0.2, 0.25) is 0 Å². The zero-order valence-corrected chi connectivity index (χ0v) is 12.6. The summed E-state index contributed by atoms with van der Waals surface area (Å²) in [7, 11) is 1.84. The second-order valence-corrected chi connectivity index (χ2v) is 5.20. The maximum absolute atomic E-state index is 12.0. The molecule has 0 aromatic carbocycles. The monoisotopic (exact) mass is 267 g/mol. The molecule has 19 heavy (non-hydrogen) atoms. The number of rotatable bonds is 7. The molecular weight excluding hydrogens is 242 g/mol. The van der Waals surface area contributed by atoms with Crippen LogP contribution in [0.15, 0.2) is 0 Å². The van der Waals surface area contributed by atoms with E-state index >= 15 is 0 Å². The molecule has 108 valence electrons. The van der Waals surface area contributed by atoms with Crippen molar-refractivity contribution in [1.29, 1.82) is 0 Å². The zero-order chi connectivity index (χ0) is 14.4. The first-order valence-corrected chi connectivity index (χ1v) is 7.05. The molecule has 0 aliphatic rings. The number of carbonyl (C=O) groups excluding carboxylic acids is 1. The molecule has 1 heterocycles. The number of esters is 1. The van der Waals surface area contributed by atoms with E-state index in [1.807, 2.05) is 14.0 Å². The molecular formula is C14H25N3O2. The summed E-state index contributed by atoms with van der Waals surface area (Å²) in [6, 6.07) is 0. The van der Waals surface area contributed by atoms with Gasteiger partial charge < -0.3 is 4.74 Å². The highest BCUT2D eigenvalue weighted by Crippen LogP contribution is 2.21. The van der Waals surface area contributed by atoms with Crippen molar-refractivity contribution in [3.05, 3.63) is 11.6 Å². The smallest absolute Gasteiger partial charge is 0.316 e. The van der Waals surface area contributed by atoms with Gasteiger partial charge in [-0.15, -0.1) is 0 Å². The largest absolute Gasteiger partial charge is 0.465 e. The lowest BCUT2D eigenvalue weighted by atomic mass is 10.0. The van der Waals surface area contributed by atoms with E-state index in [1.165, 1.54) is 0 Å². The Morgan fingerprint density at radius 2 is 2.05 bits per heavy atom. The topological polar surface area (TPSA) is 57.0 Å². The fraction of sp³-hybridized carbons (Fsp3) is 0.786. The first-order chi connectivity index (χ1) is 8.99. The third-order valence-electron chi connectivity index (χ3n) is 2.89. The van der Waals surface area contributed by atoms with Gasteiger partial charge in [-0.3, -0.25) is 9.48 Å². The van der Waals surface area contributed by atoms with Crippen LogP contribution < -0.4 is 0 Å². The molecule has 0 bridgehead atoms. The van der Waals surface area contributed by atoms with Crippen molar-refractivity contribution < 1.29 is 9.53 Å². The van der Waals surface area contributed by atoms with Gasteiger partial charge >= 0.3 is 5.97 Å². The van der Waals surface area contributed by atoms with Crippen molar-refractivity contribution in [2.75, 3.05) is 6.61 Å². The van der Waals surface area contributed by atoms with Crippen LogP contribution in [0.5, 0.6) is 0 Å². The molecule has 0 amide bonds. The molecule has 0 radical (unpaired) electrons. The summed E-state index contributed by atoms with van der Waals surface area (Å²) in [5.74, 6) is 1.52. The highest BCUT2D eigenvalue weighted by atomic mass is 16.5. The van der Waals surface area contributed by atoms with Crippen LogP contribution in [0.1, 0.15) is 58.1 Å². The average molecular weight is 267 g/mol. The first kappa shape index (κ1) is 15.7. The van der Waals surface area contributed by atoms with E-state index in [2.05, 4.69) is 30.9 Å². The van der Waals surface area contributed by atoms with Crippen LogP contribution in [0.4, 0.5) is 0 Å². The lowest BCUT2D eigenvalue weighted by molar-refractivity contribution is -0.145. The average Bonchev–Trinajstić information content (AvgIpc) is 2.66. The Labute approximate surface area is 115 Å². The number of aryl methyl sites for hydroxylation is 1. The highest BCUT2D eigenvalue weighted by Gasteiger charge is 2.26. The van der Waals surface area contributed by atoms with Crippen molar-refractivity contribution in [1.82, 2.24) is 14.8 Å². The Morgan fingerprint density at radius 3 is 2.58 bits per heavy atom. The highest BCUT2D eigenvalue weighted by molar-refractivity contribution is 5.77. The van der Waals surface area contributed by atoms with E-state index in [9.17, 15) is 4.79 Å². The Hall–Kier alpha value is -1.39. The summed E-state index contributed by atoms with van der Waals surface area (Å²) in [5.41, 5.74) is 0. The molecule has 0 N–H and O–H groups in total. The number of carbonyl (C=O) groups is 1. The molecule has 1 aromatic heterocycles. The molecule has 5 nitrogen and oxygen atoms in total. The molecule has 5 heteroatoms. The van der Waals surface area contributed by atoms with Gasteiger partial charge in [0.15, 0.2) is 5.82 Å². The fourth-order valence-corrected chi connectivity index (χ4v) is 2.09. The number of hydrogen-bond donors (Lipinski definition) is 0. The van der Waals surface area contributed by atoms with E-state index in [4.69, 9.17) is 4.74 Å². The SMILES string of the molecule is CCCC(C(=O)OCC)c1nc(CC(C)C)nn1C. The van der Waals surface area contributed by atoms with Gasteiger partial charge in [0, 0.05) is 13.5 Å². The van der Waals surface area contributed by atoms with E-state index in [0.717, 1.165) is 30.9 Å². The number of aromatic nitrogens is 3. The Morgan fingerprint density at radius 1 is 1.37 bits per heavy atom. The Kier molecular flexibility index (Phi) is 5.99. The summed E-state index contributed by atoms with van der Waals surface area (Å²) >= 11 is 0. The van der Waals surface area contributed by atoms with Crippen LogP contribution in [-0.2, 0) is 23.0 Å². The summed E-state index contributed by atoms with van der Waals surface area (Å²) in [6.07, 6.45) is 2.48. The third-order valence-corrected chi connectivity index (χ3v) is 2.89. The van der Waals surface area contributed by atoms with Gasteiger partial charge in [-0.1, -0.05) is 27.2 Å². The standard InChI is InChI=1S/C14H25N3O2/c1-6-8-11(14(18)19-7-2)13-15-12(9-10(3)4)16-17(13)5/h10-11H,6-9H2,1-5H3. The maximum atomic E-state index is 12.0. The molecule has 1 unspecified atom stereocenters. The number of hydrogen-bond acceptors (Lipinski definition) is 4. The van der Waals surface area contributed by atoms with E-state index < -0.39 is 0 Å². The van der Waals surface area contributed by atoms with Crippen LogP contribution >= 0.6 is 0 Å². The van der Waals surface area contributed by atoms with Crippen molar-refractivity contribution >= 4 is 5.97 Å². The van der Waals surface area contributed by atoms with Crippen molar-refractivity contribution in [3.63, 3.8) is 0 Å². The van der Waals surface area contributed by atoms with Crippen LogP contribution in [-0.4, -0.2) is 27.3 Å². The van der Waals surface area contributed by atoms with Gasteiger partial charge in [-0.2, -0.15) is 5.10 Å². The lowest BCUT2D eigenvalue weighted by Gasteiger charge is -2.13. The fourth-order valence-electron chi connectivity index (χ4n) is 2.09. The molecule has 1 aromatic rings. The van der Waals surface area contributed by atoms with Crippen molar-refractivity contribution in [2.24, 2.45) is 13.0 Å². The van der Waals surface area contributed by atoms with E-state index in [1.54, 1.807) is 4.68 Å². The Balaban J connectivity index is 2.95. The van der Waals surface area contributed by atoms with E-state index in [-0.39, 0.29) is 11.9 Å². The second kappa shape index (κ2) is 7.26. The normalized spacial score (nSPS) is 12.7. The third kappa shape index (κ3) is 4.33. The van der Waals surface area contributed by atoms with E-state index in [0.29, 0.717) is 12.5 Å².